The summed E-state index contributed by atoms with van der Waals surface area (Å²) < 4.78 is 0. The summed E-state index contributed by atoms with van der Waals surface area (Å²) in [6.45, 7) is 13.7. The van der Waals surface area contributed by atoms with Crippen LogP contribution in [0.15, 0.2) is 30.4 Å². The van der Waals surface area contributed by atoms with Gasteiger partial charge in [-0.15, -0.1) is 0 Å². The molecule has 0 saturated heterocycles. The Kier molecular flexibility index (Phi) is 3.47. The van der Waals surface area contributed by atoms with Crippen molar-refractivity contribution in [3.8, 4) is 0 Å². The highest BCUT2D eigenvalue weighted by molar-refractivity contribution is 5.82. The van der Waals surface area contributed by atoms with Crippen LogP contribution in [-0.2, 0) is 5.41 Å². The molecule has 1 aromatic rings. The van der Waals surface area contributed by atoms with Gasteiger partial charge in [0.2, 0.25) is 0 Å². The summed E-state index contributed by atoms with van der Waals surface area (Å²) in [7, 11) is 0. The van der Waals surface area contributed by atoms with Crippen LogP contribution in [0, 0.1) is 5.41 Å². The van der Waals surface area contributed by atoms with Crippen LogP contribution < -0.4 is 0 Å². The molecule has 19 heavy (non-hydrogen) atoms. The van der Waals surface area contributed by atoms with Crippen molar-refractivity contribution in [3.05, 3.63) is 47.0 Å². The number of fused-ring (bicyclic) bond motifs is 1. The van der Waals surface area contributed by atoms with Gasteiger partial charge in [-0.1, -0.05) is 78.0 Å². The molecule has 0 heteroatoms. The van der Waals surface area contributed by atoms with Crippen LogP contribution in [0.5, 0.6) is 0 Å². The molecule has 0 radical (unpaired) electrons. The molecular weight excluding hydrogens is 228 g/mol. The average molecular weight is 254 g/mol. The van der Waals surface area contributed by atoms with E-state index in [-0.39, 0.29) is 10.8 Å². The average Bonchev–Trinajstić information content (AvgIpc) is 2.25. The zero-order chi connectivity index (χ0) is 14.3. The topological polar surface area (TPSA) is 0 Å². The van der Waals surface area contributed by atoms with Gasteiger partial charge in [0, 0.05) is 0 Å². The van der Waals surface area contributed by atoms with Gasteiger partial charge < -0.3 is 0 Å². The third kappa shape index (κ3) is 3.18. The smallest absolute Gasteiger partial charge is 0.00908 e. The summed E-state index contributed by atoms with van der Waals surface area (Å²) in [5, 5.41) is 0. The maximum Gasteiger partial charge on any atom is -0.00908 e. The molecule has 0 amide bonds. The van der Waals surface area contributed by atoms with Gasteiger partial charge in [-0.3, -0.25) is 0 Å². The summed E-state index contributed by atoms with van der Waals surface area (Å²) in [5.41, 5.74) is 6.19. The minimum absolute atomic E-state index is 0.188. The molecule has 0 aromatic heterocycles. The second kappa shape index (κ2) is 4.67. The highest BCUT2D eigenvalue weighted by atomic mass is 14.3. The van der Waals surface area contributed by atoms with Gasteiger partial charge in [0.05, 0.1) is 0 Å². The van der Waals surface area contributed by atoms with Crippen LogP contribution in [0.2, 0.25) is 0 Å². The number of rotatable bonds is 0. The van der Waals surface area contributed by atoms with E-state index in [9.17, 15) is 0 Å². The molecule has 0 unspecified atom stereocenters. The Labute approximate surface area is 118 Å². The lowest BCUT2D eigenvalue weighted by molar-refractivity contribution is 0.544. The van der Waals surface area contributed by atoms with Gasteiger partial charge in [0.25, 0.3) is 0 Å². The van der Waals surface area contributed by atoms with E-state index in [0.717, 1.165) is 6.42 Å². The largest absolute Gasteiger partial charge is 0.0795 e. The van der Waals surface area contributed by atoms with Gasteiger partial charge in [-0.05, 0) is 39.5 Å². The fraction of sp³-hybridized carbons (Fsp3) is 0.474. The standard InChI is InChI=1S/C19H26/c1-18(2,3)13-15-11-7-9-14-10-8-12-16(17(14)15)19(4,5)6/h7-10,12-13H,11H2,1-6H3. The molecular formula is C19H26. The Balaban J connectivity index is 2.66. The summed E-state index contributed by atoms with van der Waals surface area (Å²) in [6, 6.07) is 6.70. The van der Waals surface area contributed by atoms with Crippen molar-refractivity contribution in [2.45, 2.75) is 53.4 Å². The van der Waals surface area contributed by atoms with Gasteiger partial charge >= 0.3 is 0 Å². The fourth-order valence-electron chi connectivity index (χ4n) is 2.76. The second-order valence-electron chi connectivity index (χ2n) is 7.66. The molecule has 1 aliphatic carbocycles. The molecule has 1 aromatic carbocycles. The Morgan fingerprint density at radius 3 is 2.26 bits per heavy atom. The van der Waals surface area contributed by atoms with E-state index < -0.39 is 0 Å². The van der Waals surface area contributed by atoms with Gasteiger partial charge in [-0.2, -0.15) is 0 Å². The van der Waals surface area contributed by atoms with Crippen molar-refractivity contribution >= 4 is 11.6 Å². The van der Waals surface area contributed by atoms with Crippen molar-refractivity contribution in [2.24, 2.45) is 5.41 Å². The highest BCUT2D eigenvalue weighted by Crippen LogP contribution is 2.39. The third-order valence-electron chi connectivity index (χ3n) is 3.47. The third-order valence-corrected chi connectivity index (χ3v) is 3.47. The monoisotopic (exact) mass is 254 g/mol. The van der Waals surface area contributed by atoms with E-state index in [1.807, 2.05) is 0 Å². The van der Waals surface area contributed by atoms with Crippen LogP contribution in [0.25, 0.3) is 11.6 Å². The van der Waals surface area contributed by atoms with E-state index in [4.69, 9.17) is 0 Å². The minimum Gasteiger partial charge on any atom is -0.0795 e. The van der Waals surface area contributed by atoms with Crippen molar-refractivity contribution in [2.75, 3.05) is 0 Å². The normalized spacial score (nSPS) is 17.7. The molecule has 0 aliphatic heterocycles. The van der Waals surface area contributed by atoms with E-state index >= 15 is 0 Å². The zero-order valence-electron chi connectivity index (χ0n) is 13.2. The van der Waals surface area contributed by atoms with Crippen molar-refractivity contribution in [3.63, 3.8) is 0 Å². The van der Waals surface area contributed by atoms with Gasteiger partial charge in [0.1, 0.15) is 0 Å². The van der Waals surface area contributed by atoms with E-state index in [1.165, 1.54) is 22.3 Å². The quantitative estimate of drug-likeness (QED) is 0.546. The first kappa shape index (κ1) is 14.1. The lowest BCUT2D eigenvalue weighted by Gasteiger charge is -2.28. The predicted octanol–water partition coefficient (Wildman–Crippen LogP) is 5.83. The van der Waals surface area contributed by atoms with E-state index in [2.05, 4.69) is 78.0 Å². The second-order valence-corrected chi connectivity index (χ2v) is 7.66. The SMILES string of the molecule is CC(C)(C)C=C1CC=Cc2cccc(C(C)(C)C)c21. The number of hydrogen-bond donors (Lipinski definition) is 0. The fourth-order valence-corrected chi connectivity index (χ4v) is 2.76. The lowest BCUT2D eigenvalue weighted by atomic mass is 9.76. The Hall–Kier alpha value is -1.30. The number of benzene rings is 1. The molecule has 0 saturated carbocycles. The van der Waals surface area contributed by atoms with Crippen molar-refractivity contribution in [1.82, 2.24) is 0 Å². The maximum absolute atomic E-state index is 2.44. The summed E-state index contributed by atoms with van der Waals surface area (Å²) in [4.78, 5) is 0. The maximum atomic E-state index is 2.44. The van der Waals surface area contributed by atoms with Crippen LogP contribution >= 0.6 is 0 Å². The molecule has 1 aliphatic rings. The molecule has 0 nitrogen and oxygen atoms in total. The minimum atomic E-state index is 0.188. The molecule has 0 heterocycles. The lowest BCUT2D eigenvalue weighted by Crippen LogP contribution is -2.16. The first-order chi connectivity index (χ1) is 8.68. The molecule has 2 rings (SSSR count). The zero-order valence-corrected chi connectivity index (χ0v) is 13.2. The first-order valence-electron chi connectivity index (χ1n) is 7.21. The number of hydrogen-bond acceptors (Lipinski definition) is 0. The van der Waals surface area contributed by atoms with E-state index in [0.29, 0.717) is 0 Å². The Bertz CT molecular complexity index is 528. The highest BCUT2D eigenvalue weighted by Gasteiger charge is 2.23. The van der Waals surface area contributed by atoms with Crippen LogP contribution in [0.3, 0.4) is 0 Å². The molecule has 102 valence electrons. The summed E-state index contributed by atoms with van der Waals surface area (Å²) in [5.74, 6) is 0. The van der Waals surface area contributed by atoms with Crippen LogP contribution in [0.1, 0.15) is 64.7 Å². The predicted molar refractivity (Wildman–Crippen MR) is 86.2 cm³/mol. The first-order valence-corrected chi connectivity index (χ1v) is 7.21. The van der Waals surface area contributed by atoms with Crippen LogP contribution in [-0.4, -0.2) is 0 Å². The van der Waals surface area contributed by atoms with Crippen LogP contribution in [0.4, 0.5) is 0 Å². The van der Waals surface area contributed by atoms with Gasteiger partial charge in [-0.25, -0.2) is 0 Å². The molecule has 0 N–H and O–H groups in total. The van der Waals surface area contributed by atoms with Crippen molar-refractivity contribution in [1.29, 1.82) is 0 Å². The van der Waals surface area contributed by atoms with Gasteiger partial charge in [0.15, 0.2) is 0 Å². The summed E-state index contributed by atoms with van der Waals surface area (Å²) >= 11 is 0. The Morgan fingerprint density at radius 1 is 1.00 bits per heavy atom. The summed E-state index contributed by atoms with van der Waals surface area (Å²) in [6.07, 6.45) is 8.04. The molecule has 0 fully saturated rings. The van der Waals surface area contributed by atoms with E-state index in [1.54, 1.807) is 0 Å². The van der Waals surface area contributed by atoms with Crippen molar-refractivity contribution < 1.29 is 0 Å². The molecule has 0 spiro atoms. The Morgan fingerprint density at radius 2 is 1.68 bits per heavy atom. The molecule has 0 bridgehead atoms. The number of allylic oxidation sites excluding steroid dienone is 3. The molecule has 0 atom stereocenters.